The summed E-state index contributed by atoms with van der Waals surface area (Å²) in [5, 5.41) is 0. The lowest BCUT2D eigenvalue weighted by molar-refractivity contribution is -0.163. The van der Waals surface area contributed by atoms with E-state index in [1.54, 1.807) is 13.8 Å². The Balaban J connectivity index is 2.45. The number of aryl methyl sites for hydroxylation is 1. The highest BCUT2D eigenvalue weighted by Gasteiger charge is 2.50. The number of esters is 2. The zero-order valence-corrected chi connectivity index (χ0v) is 20.9. The molecule has 0 radical (unpaired) electrons. The first-order valence-corrected chi connectivity index (χ1v) is 11.7. The molecule has 1 aromatic carbocycles. The predicted molar refractivity (Wildman–Crippen MR) is 119 cm³/mol. The number of carbonyl (C=O) groups excluding carboxylic acids is 2. The average Bonchev–Trinajstić information content (AvgIpc) is 3.05. The summed E-state index contributed by atoms with van der Waals surface area (Å²) in [7, 11) is -2.02. The maximum Gasteiger partial charge on any atom is 0.399 e. The van der Waals surface area contributed by atoms with Crippen molar-refractivity contribution in [3.8, 4) is 5.75 Å². The highest BCUT2D eigenvalue weighted by Crippen LogP contribution is 2.53. The van der Waals surface area contributed by atoms with Crippen LogP contribution in [-0.2, 0) is 38.9 Å². The van der Waals surface area contributed by atoms with Crippen molar-refractivity contribution >= 4 is 20.5 Å². The second kappa shape index (κ2) is 9.85. The third kappa shape index (κ3) is 6.18. The van der Waals surface area contributed by atoms with Gasteiger partial charge in [-0.2, -0.15) is 0 Å². The number of ether oxygens (including phenoxy) is 2. The number of hydrogen-bond acceptors (Lipinski definition) is 7. The molecule has 1 fully saturated rings. The van der Waals surface area contributed by atoms with E-state index in [2.05, 4.69) is 60.6 Å². The van der Waals surface area contributed by atoms with Crippen molar-refractivity contribution in [3.63, 3.8) is 0 Å². The van der Waals surface area contributed by atoms with Gasteiger partial charge in [0.15, 0.2) is 0 Å². The fourth-order valence-corrected chi connectivity index (χ4v) is 4.45. The molecule has 2 atom stereocenters. The molecule has 0 bridgehead atoms. The molecule has 0 aliphatic carbocycles. The molecule has 0 aromatic heterocycles. The van der Waals surface area contributed by atoms with Crippen LogP contribution in [0, 0.1) is 6.92 Å². The van der Waals surface area contributed by atoms with E-state index in [0.717, 1.165) is 16.7 Å². The van der Waals surface area contributed by atoms with E-state index in [0.29, 0.717) is 5.75 Å². The summed E-state index contributed by atoms with van der Waals surface area (Å²) in [5.74, 6) is -0.695. The van der Waals surface area contributed by atoms with Gasteiger partial charge in [-0.3, -0.25) is 9.05 Å². The summed E-state index contributed by atoms with van der Waals surface area (Å²) in [5.41, 5.74) is 2.70. The van der Waals surface area contributed by atoms with Gasteiger partial charge in [-0.05, 0) is 31.6 Å². The maximum absolute atomic E-state index is 12.4. The molecule has 0 saturated carbocycles. The van der Waals surface area contributed by atoms with Crippen LogP contribution in [0.2, 0.25) is 0 Å². The van der Waals surface area contributed by atoms with Crippen LogP contribution in [0.1, 0.15) is 72.1 Å². The maximum atomic E-state index is 12.4. The molecule has 2 rings (SSSR count). The summed E-state index contributed by atoms with van der Waals surface area (Å²) in [6, 6.07) is 4.17. The molecule has 2 unspecified atom stereocenters. The zero-order valence-electron chi connectivity index (χ0n) is 20.0. The van der Waals surface area contributed by atoms with Gasteiger partial charge in [0.05, 0.1) is 13.2 Å². The third-order valence-corrected chi connectivity index (χ3v) is 5.86. The predicted octanol–water partition coefficient (Wildman–Crippen LogP) is 5.11. The second-order valence-corrected chi connectivity index (χ2v) is 10.6. The summed E-state index contributed by atoms with van der Waals surface area (Å²) in [6.07, 6.45) is -2.46. The first-order chi connectivity index (χ1) is 14.3. The van der Waals surface area contributed by atoms with E-state index in [4.69, 9.17) is 23.0 Å². The van der Waals surface area contributed by atoms with Crippen molar-refractivity contribution in [2.75, 3.05) is 13.2 Å². The molecule has 0 spiro atoms. The minimum atomic E-state index is -2.02. The summed E-state index contributed by atoms with van der Waals surface area (Å²) in [6.45, 7) is 18.4. The van der Waals surface area contributed by atoms with Crippen LogP contribution in [0.5, 0.6) is 5.75 Å². The van der Waals surface area contributed by atoms with Crippen LogP contribution in [0.3, 0.4) is 0 Å². The molecule has 7 nitrogen and oxygen atoms in total. The van der Waals surface area contributed by atoms with E-state index in [-0.39, 0.29) is 24.0 Å². The smallest absolute Gasteiger partial charge is 0.399 e. The number of carbonyl (C=O) groups is 2. The monoisotopic (exact) mass is 454 g/mol. The Morgan fingerprint density at radius 3 is 1.58 bits per heavy atom. The van der Waals surface area contributed by atoms with E-state index in [1.165, 1.54) is 0 Å². The Kier molecular flexibility index (Phi) is 8.12. The quantitative estimate of drug-likeness (QED) is 0.437. The third-order valence-electron chi connectivity index (χ3n) is 4.73. The van der Waals surface area contributed by atoms with Crippen molar-refractivity contribution in [2.24, 2.45) is 0 Å². The average molecular weight is 455 g/mol. The Bertz CT molecular complexity index is 746. The van der Waals surface area contributed by atoms with Gasteiger partial charge in [-0.15, -0.1) is 0 Å². The standard InChI is InChI=1S/C23H35O7P/c1-10-26-20(24)18-19(21(25)27-11-2)30-31(29-18)28-17-15(22(4,5)6)12-14(3)13-16(17)23(7,8)9/h12-13,18-19H,10-11H2,1-9H3. The second-order valence-electron chi connectivity index (χ2n) is 9.56. The summed E-state index contributed by atoms with van der Waals surface area (Å²) < 4.78 is 27.9. The first-order valence-electron chi connectivity index (χ1n) is 10.6. The van der Waals surface area contributed by atoms with Crippen LogP contribution in [0.15, 0.2) is 12.1 Å². The number of benzene rings is 1. The molecule has 1 aliphatic rings. The number of rotatable bonds is 6. The van der Waals surface area contributed by atoms with Crippen LogP contribution in [-0.4, -0.2) is 37.4 Å². The Morgan fingerprint density at radius 1 is 0.871 bits per heavy atom. The highest BCUT2D eigenvalue weighted by atomic mass is 31.2. The van der Waals surface area contributed by atoms with E-state index >= 15 is 0 Å². The van der Waals surface area contributed by atoms with Gasteiger partial charge >= 0.3 is 20.5 Å². The van der Waals surface area contributed by atoms with Crippen molar-refractivity contribution < 1.29 is 32.6 Å². The van der Waals surface area contributed by atoms with Gasteiger partial charge in [0.25, 0.3) is 0 Å². The molecule has 31 heavy (non-hydrogen) atoms. The van der Waals surface area contributed by atoms with E-state index in [1.807, 2.05) is 0 Å². The van der Waals surface area contributed by atoms with Gasteiger partial charge in [0, 0.05) is 11.1 Å². The molecular weight excluding hydrogens is 419 g/mol. The lowest BCUT2D eigenvalue weighted by Gasteiger charge is -2.30. The molecule has 8 heteroatoms. The summed E-state index contributed by atoms with van der Waals surface area (Å²) >= 11 is 0. The Hall–Kier alpha value is -1.69. The van der Waals surface area contributed by atoms with Gasteiger partial charge in [0.2, 0.25) is 12.2 Å². The Labute approximate surface area is 186 Å². The molecule has 1 saturated heterocycles. The molecule has 174 valence electrons. The first kappa shape index (κ1) is 25.6. The van der Waals surface area contributed by atoms with Crippen molar-refractivity contribution in [3.05, 3.63) is 28.8 Å². The van der Waals surface area contributed by atoms with Crippen molar-refractivity contribution in [1.82, 2.24) is 0 Å². The summed E-state index contributed by atoms with van der Waals surface area (Å²) in [4.78, 5) is 24.8. The van der Waals surface area contributed by atoms with Crippen LogP contribution in [0.4, 0.5) is 0 Å². The minimum Gasteiger partial charge on any atom is -0.464 e. The molecule has 1 aromatic rings. The minimum absolute atomic E-state index is 0.160. The van der Waals surface area contributed by atoms with Crippen molar-refractivity contribution in [1.29, 1.82) is 0 Å². The lowest BCUT2D eigenvalue weighted by atomic mass is 9.78. The largest absolute Gasteiger partial charge is 0.464 e. The van der Waals surface area contributed by atoms with Crippen LogP contribution in [0.25, 0.3) is 0 Å². The highest BCUT2D eigenvalue weighted by molar-refractivity contribution is 7.42. The van der Waals surface area contributed by atoms with E-state index < -0.39 is 32.7 Å². The molecule has 0 amide bonds. The zero-order chi connectivity index (χ0) is 23.6. The van der Waals surface area contributed by atoms with Crippen LogP contribution < -0.4 is 4.52 Å². The van der Waals surface area contributed by atoms with Gasteiger partial charge in [0.1, 0.15) is 5.75 Å². The molecular formula is C23H35O7P. The normalized spacial score (nSPS) is 21.6. The molecule has 0 N–H and O–H groups in total. The fraction of sp³-hybridized carbons (Fsp3) is 0.652. The van der Waals surface area contributed by atoms with Crippen LogP contribution >= 0.6 is 8.60 Å². The number of hydrogen-bond donors (Lipinski definition) is 0. The van der Waals surface area contributed by atoms with E-state index in [9.17, 15) is 9.59 Å². The van der Waals surface area contributed by atoms with Gasteiger partial charge in [-0.25, -0.2) is 9.59 Å². The molecule has 1 aliphatic heterocycles. The van der Waals surface area contributed by atoms with Gasteiger partial charge < -0.3 is 14.0 Å². The van der Waals surface area contributed by atoms with Gasteiger partial charge in [-0.1, -0.05) is 59.2 Å². The molecule has 1 heterocycles. The SMILES string of the molecule is CCOC(=O)C1OP(Oc2c(C(C)(C)C)cc(C)cc2C(C)(C)C)OC1C(=O)OCC. The van der Waals surface area contributed by atoms with Crippen molar-refractivity contribution in [2.45, 2.75) is 85.4 Å². The fourth-order valence-electron chi connectivity index (χ4n) is 3.21. The lowest BCUT2D eigenvalue weighted by Crippen LogP contribution is -2.39. The topological polar surface area (TPSA) is 80.3 Å². The Morgan fingerprint density at radius 2 is 1.26 bits per heavy atom.